The molecule has 0 aliphatic carbocycles. The van der Waals surface area contributed by atoms with E-state index in [2.05, 4.69) is 5.32 Å². The summed E-state index contributed by atoms with van der Waals surface area (Å²) < 4.78 is 5.06. The van der Waals surface area contributed by atoms with Crippen LogP contribution in [-0.2, 0) is 9.53 Å². The van der Waals surface area contributed by atoms with Gasteiger partial charge in [0.2, 0.25) is 5.91 Å². The average molecular weight is 188 g/mol. The molecule has 0 heterocycles. The molecule has 0 aliphatic rings. The fraction of sp³-hybridized carbons (Fsp3) is 0.889. The van der Waals surface area contributed by atoms with Crippen molar-refractivity contribution in [1.82, 2.24) is 5.32 Å². The summed E-state index contributed by atoms with van der Waals surface area (Å²) in [7, 11) is 0. The molecule has 0 saturated carbocycles. The summed E-state index contributed by atoms with van der Waals surface area (Å²) in [6, 6.07) is 0. The molecule has 0 aromatic carbocycles. The lowest BCUT2D eigenvalue weighted by Crippen LogP contribution is -2.49. The number of hydrogen-bond donors (Lipinski definition) is 2. The van der Waals surface area contributed by atoms with Crippen molar-refractivity contribution >= 4 is 5.91 Å². The fourth-order valence-electron chi connectivity index (χ4n) is 0.800. The van der Waals surface area contributed by atoms with E-state index in [9.17, 15) is 4.79 Å². The lowest BCUT2D eigenvalue weighted by atomic mass is 10.1. The first-order valence-corrected chi connectivity index (χ1v) is 4.60. The zero-order valence-corrected chi connectivity index (χ0v) is 8.72. The van der Waals surface area contributed by atoms with Crippen molar-refractivity contribution < 1.29 is 9.53 Å². The molecule has 0 aromatic heterocycles. The third-order valence-corrected chi connectivity index (χ3v) is 1.67. The van der Waals surface area contributed by atoms with E-state index >= 15 is 0 Å². The van der Waals surface area contributed by atoms with Crippen LogP contribution in [0.15, 0.2) is 0 Å². The standard InChI is InChI=1S/C9H20N2O2/c1-4-13-6-5-8(12)11-9(2,3)7-10/h4-7,10H2,1-3H3,(H,11,12). The minimum Gasteiger partial charge on any atom is -0.381 e. The lowest BCUT2D eigenvalue weighted by molar-refractivity contribution is -0.123. The maximum Gasteiger partial charge on any atom is 0.222 e. The van der Waals surface area contributed by atoms with Gasteiger partial charge in [0.05, 0.1) is 6.61 Å². The molecule has 0 spiro atoms. The second-order valence-electron chi connectivity index (χ2n) is 3.58. The van der Waals surface area contributed by atoms with E-state index in [4.69, 9.17) is 10.5 Å². The average Bonchev–Trinajstić information content (AvgIpc) is 2.04. The number of rotatable bonds is 6. The van der Waals surface area contributed by atoms with E-state index in [0.717, 1.165) is 0 Å². The normalized spacial score (nSPS) is 11.4. The molecule has 0 unspecified atom stereocenters. The van der Waals surface area contributed by atoms with Gasteiger partial charge in [-0.25, -0.2) is 0 Å². The molecule has 78 valence electrons. The first-order chi connectivity index (χ1) is 6.02. The highest BCUT2D eigenvalue weighted by atomic mass is 16.5. The van der Waals surface area contributed by atoms with Crippen LogP contribution in [0.3, 0.4) is 0 Å². The molecule has 0 rings (SSSR count). The van der Waals surface area contributed by atoms with Crippen LogP contribution in [0, 0.1) is 0 Å². The van der Waals surface area contributed by atoms with Crippen LogP contribution in [0.1, 0.15) is 27.2 Å². The van der Waals surface area contributed by atoms with Crippen molar-refractivity contribution in [3.05, 3.63) is 0 Å². The first-order valence-electron chi connectivity index (χ1n) is 4.60. The summed E-state index contributed by atoms with van der Waals surface area (Å²) in [6.45, 7) is 7.25. The number of nitrogens with one attached hydrogen (secondary N) is 1. The Morgan fingerprint density at radius 1 is 1.54 bits per heavy atom. The van der Waals surface area contributed by atoms with Gasteiger partial charge in [0, 0.05) is 25.1 Å². The van der Waals surface area contributed by atoms with Crippen molar-refractivity contribution in [1.29, 1.82) is 0 Å². The molecule has 0 aromatic rings. The topological polar surface area (TPSA) is 64.3 Å². The van der Waals surface area contributed by atoms with Gasteiger partial charge >= 0.3 is 0 Å². The zero-order chi connectivity index (χ0) is 10.3. The molecule has 0 bridgehead atoms. The smallest absolute Gasteiger partial charge is 0.222 e. The van der Waals surface area contributed by atoms with E-state index in [1.165, 1.54) is 0 Å². The Morgan fingerprint density at radius 3 is 2.62 bits per heavy atom. The minimum atomic E-state index is -0.316. The van der Waals surface area contributed by atoms with Crippen molar-refractivity contribution in [2.45, 2.75) is 32.7 Å². The molecule has 4 nitrogen and oxygen atoms in total. The molecule has 0 saturated heterocycles. The highest BCUT2D eigenvalue weighted by molar-refractivity contribution is 5.76. The van der Waals surface area contributed by atoms with Crippen LogP contribution in [0.25, 0.3) is 0 Å². The summed E-state index contributed by atoms with van der Waals surface area (Å²) in [5.74, 6) is -0.0103. The van der Waals surface area contributed by atoms with Crippen molar-refractivity contribution in [2.75, 3.05) is 19.8 Å². The first kappa shape index (κ1) is 12.4. The fourth-order valence-corrected chi connectivity index (χ4v) is 0.800. The van der Waals surface area contributed by atoms with Gasteiger partial charge in [-0.2, -0.15) is 0 Å². The molecule has 13 heavy (non-hydrogen) atoms. The van der Waals surface area contributed by atoms with Crippen LogP contribution < -0.4 is 11.1 Å². The van der Waals surface area contributed by atoms with Gasteiger partial charge in [-0.1, -0.05) is 0 Å². The molecule has 1 amide bonds. The monoisotopic (exact) mass is 188 g/mol. The second-order valence-corrected chi connectivity index (χ2v) is 3.58. The van der Waals surface area contributed by atoms with E-state index in [0.29, 0.717) is 26.2 Å². The number of carbonyl (C=O) groups excluding carboxylic acids is 1. The Morgan fingerprint density at radius 2 is 2.15 bits per heavy atom. The Bertz CT molecular complexity index is 158. The summed E-state index contributed by atoms with van der Waals surface area (Å²) in [5, 5.41) is 2.82. The highest BCUT2D eigenvalue weighted by Crippen LogP contribution is 1.98. The summed E-state index contributed by atoms with van der Waals surface area (Å²) in [6.07, 6.45) is 0.400. The Balaban J connectivity index is 3.62. The van der Waals surface area contributed by atoms with Gasteiger partial charge in [-0.3, -0.25) is 4.79 Å². The summed E-state index contributed by atoms with van der Waals surface area (Å²) >= 11 is 0. The Kier molecular flexibility index (Phi) is 5.66. The number of carbonyl (C=O) groups is 1. The maximum atomic E-state index is 11.2. The van der Waals surface area contributed by atoms with Crippen LogP contribution in [0.2, 0.25) is 0 Å². The maximum absolute atomic E-state index is 11.2. The minimum absolute atomic E-state index is 0.0103. The van der Waals surface area contributed by atoms with Gasteiger partial charge in [-0.05, 0) is 20.8 Å². The van der Waals surface area contributed by atoms with E-state index in [-0.39, 0.29) is 11.4 Å². The predicted molar refractivity (Wildman–Crippen MR) is 52.4 cm³/mol. The second kappa shape index (κ2) is 5.94. The van der Waals surface area contributed by atoms with E-state index in [1.807, 2.05) is 20.8 Å². The van der Waals surface area contributed by atoms with E-state index in [1.54, 1.807) is 0 Å². The Labute approximate surface area is 79.8 Å². The third kappa shape index (κ3) is 6.54. The van der Waals surface area contributed by atoms with Gasteiger partial charge in [-0.15, -0.1) is 0 Å². The molecule has 0 aliphatic heterocycles. The predicted octanol–water partition coefficient (Wildman–Crippen LogP) is 0.267. The van der Waals surface area contributed by atoms with Crippen molar-refractivity contribution in [2.24, 2.45) is 5.73 Å². The van der Waals surface area contributed by atoms with Gasteiger partial charge in [0.15, 0.2) is 0 Å². The third-order valence-electron chi connectivity index (χ3n) is 1.67. The number of amides is 1. The quantitative estimate of drug-likeness (QED) is 0.588. The molecule has 4 heteroatoms. The summed E-state index contributed by atoms with van der Waals surface area (Å²) in [5.41, 5.74) is 5.15. The molecule has 3 N–H and O–H groups in total. The number of hydrogen-bond acceptors (Lipinski definition) is 3. The molecular weight excluding hydrogens is 168 g/mol. The van der Waals surface area contributed by atoms with Gasteiger partial charge < -0.3 is 15.8 Å². The molecule has 0 fully saturated rings. The highest BCUT2D eigenvalue weighted by Gasteiger charge is 2.17. The molecule has 0 radical (unpaired) electrons. The lowest BCUT2D eigenvalue weighted by Gasteiger charge is -2.24. The van der Waals surface area contributed by atoms with Crippen LogP contribution in [-0.4, -0.2) is 31.2 Å². The number of nitrogens with two attached hydrogens (primary N) is 1. The van der Waals surface area contributed by atoms with Gasteiger partial charge in [0.1, 0.15) is 0 Å². The van der Waals surface area contributed by atoms with E-state index < -0.39 is 0 Å². The molecule has 0 atom stereocenters. The zero-order valence-electron chi connectivity index (χ0n) is 8.72. The van der Waals surface area contributed by atoms with Gasteiger partial charge in [0.25, 0.3) is 0 Å². The molecular formula is C9H20N2O2. The van der Waals surface area contributed by atoms with Crippen LogP contribution in [0.5, 0.6) is 0 Å². The van der Waals surface area contributed by atoms with Crippen molar-refractivity contribution in [3.8, 4) is 0 Å². The SMILES string of the molecule is CCOCCC(=O)NC(C)(C)CN. The largest absolute Gasteiger partial charge is 0.381 e. The summed E-state index contributed by atoms with van der Waals surface area (Å²) in [4.78, 5) is 11.2. The number of ether oxygens (including phenoxy) is 1. The van der Waals surface area contributed by atoms with Crippen molar-refractivity contribution in [3.63, 3.8) is 0 Å². The van der Waals surface area contributed by atoms with Crippen LogP contribution in [0.4, 0.5) is 0 Å². The van der Waals surface area contributed by atoms with Crippen LogP contribution >= 0.6 is 0 Å². The Hall–Kier alpha value is -0.610.